The zero-order valence-corrected chi connectivity index (χ0v) is 13.1. The first kappa shape index (κ1) is 18.6. The molecule has 6 heteroatoms. The van der Waals surface area contributed by atoms with Crippen molar-refractivity contribution in [1.82, 2.24) is 0 Å². The van der Waals surface area contributed by atoms with Crippen LogP contribution < -0.4 is 0 Å². The van der Waals surface area contributed by atoms with Gasteiger partial charge in [0.25, 0.3) is 0 Å². The second-order valence-corrected chi connectivity index (χ2v) is 7.03. The molecule has 0 bridgehead atoms. The van der Waals surface area contributed by atoms with Crippen molar-refractivity contribution in [2.75, 3.05) is 6.61 Å². The summed E-state index contributed by atoms with van der Waals surface area (Å²) in [5.74, 6) is -0.369. The van der Waals surface area contributed by atoms with E-state index < -0.39 is 12.8 Å². The number of carbonyl (C=O) groups is 1. The Balaban J connectivity index is 4.75. The Kier molecular flexibility index (Phi) is 8.55. The van der Waals surface area contributed by atoms with Crippen LogP contribution in [0.3, 0.4) is 0 Å². The van der Waals surface area contributed by atoms with Crippen molar-refractivity contribution in [1.29, 1.82) is 0 Å². The van der Waals surface area contributed by atoms with Crippen molar-refractivity contribution in [2.24, 2.45) is 0 Å². The molecule has 0 aliphatic carbocycles. The molecule has 19 heavy (non-hydrogen) atoms. The number of carbonyl (C=O) groups excluding carboxylic acids is 1. The molecule has 0 aromatic carbocycles. The summed E-state index contributed by atoms with van der Waals surface area (Å²) in [5, 5.41) is -1.07. The van der Waals surface area contributed by atoms with E-state index in [2.05, 4.69) is 0 Å². The maximum atomic E-state index is 11.8. The highest BCUT2D eigenvalue weighted by Crippen LogP contribution is 2.58. The van der Waals surface area contributed by atoms with Gasteiger partial charge in [0.1, 0.15) is 0 Å². The Labute approximate surface area is 115 Å². The van der Waals surface area contributed by atoms with Gasteiger partial charge in [-0.2, -0.15) is 0 Å². The van der Waals surface area contributed by atoms with Gasteiger partial charge >= 0.3 is 13.6 Å². The summed E-state index contributed by atoms with van der Waals surface area (Å²) in [6.45, 7) is 6.07. The third kappa shape index (κ3) is 6.07. The van der Waals surface area contributed by atoms with Gasteiger partial charge in [0.05, 0.1) is 11.8 Å². The Morgan fingerprint density at radius 3 is 1.95 bits per heavy atom. The third-order valence-corrected chi connectivity index (χ3v) is 5.22. The van der Waals surface area contributed by atoms with E-state index in [4.69, 9.17) is 4.74 Å². The number of ether oxygens (including phenoxy) is 1. The Morgan fingerprint density at radius 2 is 1.58 bits per heavy atom. The smallest absolute Gasteiger partial charge is 0.331 e. The van der Waals surface area contributed by atoms with Crippen LogP contribution in [0.1, 0.15) is 65.7 Å². The minimum Gasteiger partial charge on any atom is -0.466 e. The standard InChI is InChI=1S/C13H27O5P/c1-4-8-13(9-5-2,19(15,16)17)10-7-12(14)18-11-6-3/h4-11H2,1-3H3,(H2,15,16,17). The molecule has 0 saturated heterocycles. The zero-order valence-electron chi connectivity index (χ0n) is 12.2. The Hall–Kier alpha value is -0.380. The molecule has 114 valence electrons. The van der Waals surface area contributed by atoms with E-state index in [0.29, 0.717) is 32.3 Å². The predicted octanol–water partition coefficient (Wildman–Crippen LogP) is 3.24. The van der Waals surface area contributed by atoms with E-state index in [1.807, 2.05) is 20.8 Å². The first-order valence-electron chi connectivity index (χ1n) is 7.04. The molecule has 0 aliphatic rings. The fraction of sp³-hybridized carbons (Fsp3) is 0.923. The summed E-state index contributed by atoms with van der Waals surface area (Å²) in [6, 6.07) is 0. The molecule has 0 aromatic rings. The van der Waals surface area contributed by atoms with Crippen LogP contribution in [-0.2, 0) is 14.1 Å². The van der Waals surface area contributed by atoms with Gasteiger partial charge in [0.2, 0.25) is 0 Å². The second-order valence-electron chi connectivity index (χ2n) is 4.99. The van der Waals surface area contributed by atoms with E-state index in [9.17, 15) is 19.1 Å². The molecule has 2 N–H and O–H groups in total. The summed E-state index contributed by atoms with van der Waals surface area (Å²) in [4.78, 5) is 30.8. The topological polar surface area (TPSA) is 83.8 Å². The first-order chi connectivity index (χ1) is 8.83. The van der Waals surface area contributed by atoms with Crippen LogP contribution in [-0.4, -0.2) is 27.5 Å². The lowest BCUT2D eigenvalue weighted by Crippen LogP contribution is -2.30. The van der Waals surface area contributed by atoms with Crippen molar-refractivity contribution in [3.05, 3.63) is 0 Å². The van der Waals surface area contributed by atoms with Crippen molar-refractivity contribution >= 4 is 13.6 Å². The van der Waals surface area contributed by atoms with E-state index in [1.165, 1.54) is 0 Å². The molecule has 0 aliphatic heterocycles. The van der Waals surface area contributed by atoms with Gasteiger partial charge in [-0.15, -0.1) is 0 Å². The Morgan fingerprint density at radius 1 is 1.05 bits per heavy atom. The molecule has 0 saturated carbocycles. The number of rotatable bonds is 10. The molecule has 0 unspecified atom stereocenters. The van der Waals surface area contributed by atoms with E-state index in [-0.39, 0.29) is 18.8 Å². The van der Waals surface area contributed by atoms with Crippen molar-refractivity contribution in [3.8, 4) is 0 Å². The highest BCUT2D eigenvalue weighted by molar-refractivity contribution is 7.53. The van der Waals surface area contributed by atoms with E-state index >= 15 is 0 Å². The molecule has 0 aromatic heterocycles. The van der Waals surface area contributed by atoms with Crippen LogP contribution in [0.5, 0.6) is 0 Å². The van der Waals surface area contributed by atoms with Gasteiger partial charge in [0.15, 0.2) is 0 Å². The van der Waals surface area contributed by atoms with Crippen LogP contribution in [0.4, 0.5) is 0 Å². The lowest BCUT2D eigenvalue weighted by molar-refractivity contribution is -0.143. The van der Waals surface area contributed by atoms with Crippen LogP contribution in [0, 0.1) is 0 Å². The summed E-state index contributed by atoms with van der Waals surface area (Å²) >= 11 is 0. The van der Waals surface area contributed by atoms with Gasteiger partial charge in [-0.05, 0) is 25.7 Å². The fourth-order valence-electron chi connectivity index (χ4n) is 2.37. The van der Waals surface area contributed by atoms with Crippen LogP contribution >= 0.6 is 7.60 Å². The van der Waals surface area contributed by atoms with Gasteiger partial charge in [-0.3, -0.25) is 9.36 Å². The molecular weight excluding hydrogens is 267 g/mol. The van der Waals surface area contributed by atoms with E-state index in [1.54, 1.807) is 0 Å². The quantitative estimate of drug-likeness (QED) is 0.477. The maximum Gasteiger partial charge on any atom is 0.331 e. The van der Waals surface area contributed by atoms with Crippen LogP contribution in [0.15, 0.2) is 0 Å². The van der Waals surface area contributed by atoms with Gasteiger partial charge in [0, 0.05) is 6.42 Å². The predicted molar refractivity (Wildman–Crippen MR) is 75.1 cm³/mol. The van der Waals surface area contributed by atoms with Crippen molar-refractivity contribution < 1.29 is 23.9 Å². The summed E-state index contributed by atoms with van der Waals surface area (Å²) in [5.41, 5.74) is 0. The average Bonchev–Trinajstić information content (AvgIpc) is 2.32. The summed E-state index contributed by atoms with van der Waals surface area (Å²) in [6.07, 6.45) is 3.27. The average molecular weight is 294 g/mol. The SMILES string of the molecule is CCCOC(=O)CCC(CCC)(CCC)P(=O)(O)O. The lowest BCUT2D eigenvalue weighted by atomic mass is 9.92. The monoisotopic (exact) mass is 294 g/mol. The normalized spacial score (nSPS) is 12.5. The van der Waals surface area contributed by atoms with Gasteiger partial charge in [-0.25, -0.2) is 0 Å². The maximum absolute atomic E-state index is 11.8. The van der Waals surface area contributed by atoms with Gasteiger partial charge < -0.3 is 14.5 Å². The second kappa shape index (κ2) is 8.72. The summed E-state index contributed by atoms with van der Waals surface area (Å²) in [7, 11) is -4.23. The minimum atomic E-state index is -4.23. The molecule has 0 radical (unpaired) electrons. The van der Waals surface area contributed by atoms with E-state index in [0.717, 1.165) is 6.42 Å². The molecule has 5 nitrogen and oxygen atoms in total. The minimum absolute atomic E-state index is 0.0745. The van der Waals surface area contributed by atoms with Crippen molar-refractivity contribution in [2.45, 2.75) is 70.9 Å². The number of esters is 1. The zero-order chi connectivity index (χ0) is 14.9. The first-order valence-corrected chi connectivity index (χ1v) is 8.65. The number of hydrogen-bond donors (Lipinski definition) is 2. The molecule has 0 heterocycles. The molecule has 0 amide bonds. The van der Waals surface area contributed by atoms with Crippen LogP contribution in [0.25, 0.3) is 0 Å². The molecule has 0 fully saturated rings. The Bertz CT molecular complexity index is 304. The molecule has 0 spiro atoms. The highest BCUT2D eigenvalue weighted by Gasteiger charge is 2.45. The summed E-state index contributed by atoms with van der Waals surface area (Å²) < 4.78 is 16.8. The van der Waals surface area contributed by atoms with Gasteiger partial charge in [-0.1, -0.05) is 33.6 Å². The molecular formula is C13H27O5P. The largest absolute Gasteiger partial charge is 0.466 e. The third-order valence-electron chi connectivity index (χ3n) is 3.31. The van der Waals surface area contributed by atoms with Crippen molar-refractivity contribution in [3.63, 3.8) is 0 Å². The lowest BCUT2D eigenvalue weighted by Gasteiger charge is -2.33. The van der Waals surface area contributed by atoms with Crippen LogP contribution in [0.2, 0.25) is 0 Å². The fourth-order valence-corrected chi connectivity index (χ4v) is 3.80. The highest BCUT2D eigenvalue weighted by atomic mass is 31.2. The number of hydrogen-bond acceptors (Lipinski definition) is 3. The molecule has 0 atom stereocenters. The molecule has 0 rings (SSSR count).